The van der Waals surface area contributed by atoms with Crippen LogP contribution < -0.4 is 5.32 Å². The molecule has 1 fully saturated rings. The molecule has 0 aliphatic carbocycles. The second-order valence-corrected chi connectivity index (χ2v) is 8.09. The van der Waals surface area contributed by atoms with Crippen molar-refractivity contribution in [1.82, 2.24) is 24.8 Å². The van der Waals surface area contributed by atoms with E-state index >= 15 is 0 Å². The number of pyridine rings is 2. The van der Waals surface area contributed by atoms with Crippen LogP contribution in [0.2, 0.25) is 0 Å². The first-order valence-electron chi connectivity index (χ1n) is 10.9. The highest BCUT2D eigenvalue weighted by Gasteiger charge is 2.27. The second kappa shape index (κ2) is 8.91. The van der Waals surface area contributed by atoms with Gasteiger partial charge in [0.25, 0.3) is 5.91 Å². The number of ether oxygens (including phenoxy) is 1. The summed E-state index contributed by atoms with van der Waals surface area (Å²) < 4.78 is 5.93. The number of nitrogens with zero attached hydrogens (tertiary/aromatic N) is 5. The number of anilines is 2. The summed E-state index contributed by atoms with van der Waals surface area (Å²) in [6.07, 6.45) is 3.20. The van der Waals surface area contributed by atoms with Gasteiger partial charge in [0, 0.05) is 35.1 Å². The van der Waals surface area contributed by atoms with Crippen LogP contribution >= 0.6 is 0 Å². The number of aryl methyl sites for hydroxylation is 2. The lowest BCUT2D eigenvalue weighted by atomic mass is 10.1. The molecule has 4 aromatic rings. The minimum absolute atomic E-state index is 0.0145. The van der Waals surface area contributed by atoms with Crippen molar-refractivity contribution in [2.45, 2.75) is 20.0 Å². The Bertz CT molecular complexity index is 1290. The van der Waals surface area contributed by atoms with Crippen LogP contribution in [0.3, 0.4) is 0 Å². The highest BCUT2D eigenvalue weighted by Crippen LogP contribution is 2.24. The molecular formula is C25H24N6O2. The monoisotopic (exact) mass is 440 g/mol. The molecule has 8 heteroatoms. The molecule has 4 heterocycles. The molecule has 0 radical (unpaired) electrons. The summed E-state index contributed by atoms with van der Waals surface area (Å²) in [4.78, 5) is 32.6. The highest BCUT2D eigenvalue weighted by atomic mass is 16.5. The molecule has 1 amide bonds. The Labute approximate surface area is 191 Å². The number of morpholine rings is 1. The molecule has 5 rings (SSSR count). The molecule has 0 bridgehead atoms. The van der Waals surface area contributed by atoms with Crippen LogP contribution in [0, 0.1) is 13.8 Å². The summed E-state index contributed by atoms with van der Waals surface area (Å²) in [7, 11) is 0. The van der Waals surface area contributed by atoms with Crippen molar-refractivity contribution < 1.29 is 9.53 Å². The van der Waals surface area contributed by atoms with Gasteiger partial charge < -0.3 is 15.0 Å². The molecule has 1 N–H and O–H groups in total. The molecule has 1 unspecified atom stereocenters. The predicted octanol–water partition coefficient (Wildman–Crippen LogP) is 3.99. The smallest absolute Gasteiger partial charge is 0.254 e. The van der Waals surface area contributed by atoms with Crippen LogP contribution in [0.4, 0.5) is 11.6 Å². The van der Waals surface area contributed by atoms with Crippen molar-refractivity contribution >= 4 is 28.4 Å². The quantitative estimate of drug-likeness (QED) is 0.513. The molecule has 33 heavy (non-hydrogen) atoms. The number of benzene rings is 1. The average molecular weight is 441 g/mol. The summed E-state index contributed by atoms with van der Waals surface area (Å²) in [5, 5.41) is 4.13. The van der Waals surface area contributed by atoms with Gasteiger partial charge in [-0.25, -0.2) is 9.97 Å². The number of carbonyl (C=O) groups excluding carboxylic acids is 1. The van der Waals surface area contributed by atoms with Crippen LogP contribution in [0.25, 0.3) is 10.9 Å². The molecular weight excluding hydrogens is 416 g/mol. The minimum atomic E-state index is -0.281. The number of hydrogen-bond donors (Lipinski definition) is 1. The van der Waals surface area contributed by atoms with Crippen molar-refractivity contribution in [2.75, 3.05) is 25.0 Å². The van der Waals surface area contributed by atoms with Gasteiger partial charge in [0.15, 0.2) is 0 Å². The van der Waals surface area contributed by atoms with E-state index < -0.39 is 0 Å². The first kappa shape index (κ1) is 21.0. The Kier molecular flexibility index (Phi) is 5.66. The van der Waals surface area contributed by atoms with E-state index in [1.807, 2.05) is 67.3 Å². The molecule has 1 aromatic carbocycles. The second-order valence-electron chi connectivity index (χ2n) is 8.09. The first-order valence-corrected chi connectivity index (χ1v) is 10.9. The Morgan fingerprint density at radius 2 is 1.91 bits per heavy atom. The van der Waals surface area contributed by atoms with E-state index in [9.17, 15) is 4.79 Å². The van der Waals surface area contributed by atoms with E-state index in [4.69, 9.17) is 4.74 Å². The van der Waals surface area contributed by atoms with Gasteiger partial charge in [-0.3, -0.25) is 14.8 Å². The Morgan fingerprint density at radius 1 is 1.06 bits per heavy atom. The molecule has 1 aliphatic heterocycles. The minimum Gasteiger partial charge on any atom is -0.368 e. The van der Waals surface area contributed by atoms with Gasteiger partial charge in [-0.15, -0.1) is 0 Å². The van der Waals surface area contributed by atoms with Crippen molar-refractivity contribution in [3.05, 3.63) is 83.6 Å². The van der Waals surface area contributed by atoms with E-state index in [2.05, 4.69) is 25.3 Å². The fourth-order valence-corrected chi connectivity index (χ4v) is 3.98. The SMILES string of the molecule is Cc1cc(C)nc(Nc2ccc(C3CN(C(=O)c4ccc5ncccc5c4)CCO3)nc2)n1. The molecule has 8 nitrogen and oxygen atoms in total. The Morgan fingerprint density at radius 3 is 2.70 bits per heavy atom. The summed E-state index contributed by atoms with van der Waals surface area (Å²) in [6, 6.07) is 15.2. The Hall–Kier alpha value is -3.91. The largest absolute Gasteiger partial charge is 0.368 e. The lowest BCUT2D eigenvalue weighted by molar-refractivity contribution is -0.0247. The topological polar surface area (TPSA) is 93.1 Å². The van der Waals surface area contributed by atoms with E-state index in [0.29, 0.717) is 31.2 Å². The number of nitrogens with one attached hydrogen (secondary N) is 1. The summed E-state index contributed by atoms with van der Waals surface area (Å²) in [5.41, 5.74) is 4.89. The summed E-state index contributed by atoms with van der Waals surface area (Å²) in [5.74, 6) is 0.526. The molecule has 166 valence electrons. The summed E-state index contributed by atoms with van der Waals surface area (Å²) >= 11 is 0. The summed E-state index contributed by atoms with van der Waals surface area (Å²) in [6.45, 7) is 5.32. The van der Waals surface area contributed by atoms with Gasteiger partial charge in [0.1, 0.15) is 6.10 Å². The zero-order chi connectivity index (χ0) is 22.8. The van der Waals surface area contributed by atoms with Gasteiger partial charge in [-0.1, -0.05) is 6.07 Å². The van der Waals surface area contributed by atoms with Crippen LogP contribution in [0.1, 0.15) is 33.5 Å². The third kappa shape index (κ3) is 4.65. The molecule has 1 aliphatic rings. The molecule has 0 saturated carbocycles. The van der Waals surface area contributed by atoms with Crippen LogP contribution in [0.15, 0.2) is 60.9 Å². The van der Waals surface area contributed by atoms with E-state index in [1.54, 1.807) is 12.4 Å². The van der Waals surface area contributed by atoms with Gasteiger partial charge >= 0.3 is 0 Å². The molecule has 3 aromatic heterocycles. The zero-order valence-corrected chi connectivity index (χ0v) is 18.5. The third-order valence-electron chi connectivity index (χ3n) is 5.56. The molecule has 0 spiro atoms. The lowest BCUT2D eigenvalue weighted by Gasteiger charge is -2.32. The number of fused-ring (bicyclic) bond motifs is 1. The van der Waals surface area contributed by atoms with E-state index in [-0.39, 0.29) is 12.0 Å². The van der Waals surface area contributed by atoms with Crippen LogP contribution in [-0.4, -0.2) is 50.4 Å². The average Bonchev–Trinajstić information content (AvgIpc) is 2.83. The van der Waals surface area contributed by atoms with Crippen molar-refractivity contribution in [3.63, 3.8) is 0 Å². The van der Waals surface area contributed by atoms with E-state index in [0.717, 1.165) is 33.7 Å². The Balaban J connectivity index is 1.28. The first-order chi connectivity index (χ1) is 16.0. The highest BCUT2D eigenvalue weighted by molar-refractivity contribution is 5.98. The lowest BCUT2D eigenvalue weighted by Crippen LogP contribution is -2.42. The maximum absolute atomic E-state index is 13.1. The maximum atomic E-state index is 13.1. The number of aromatic nitrogens is 4. The number of hydrogen-bond acceptors (Lipinski definition) is 7. The number of rotatable bonds is 4. The number of amides is 1. The fraction of sp³-hybridized carbons (Fsp3) is 0.240. The molecule has 1 atom stereocenters. The van der Waals surface area contributed by atoms with Crippen molar-refractivity contribution in [2.24, 2.45) is 0 Å². The van der Waals surface area contributed by atoms with E-state index in [1.165, 1.54) is 0 Å². The maximum Gasteiger partial charge on any atom is 0.254 e. The zero-order valence-electron chi connectivity index (χ0n) is 18.5. The molecule has 1 saturated heterocycles. The van der Waals surface area contributed by atoms with Crippen molar-refractivity contribution in [1.29, 1.82) is 0 Å². The number of carbonyl (C=O) groups is 1. The normalized spacial score (nSPS) is 16.1. The van der Waals surface area contributed by atoms with Crippen molar-refractivity contribution in [3.8, 4) is 0 Å². The van der Waals surface area contributed by atoms with Gasteiger partial charge in [0.05, 0.1) is 36.2 Å². The standard InChI is InChI=1S/C25H24N6O2/c1-16-12-17(2)29-25(28-16)30-20-6-8-22(27-14-20)23-15-31(10-11-33-23)24(32)19-5-7-21-18(13-19)4-3-9-26-21/h3-9,12-14,23H,10-11,15H2,1-2H3,(H,28,29,30). The van der Waals surface area contributed by atoms with Gasteiger partial charge in [0.2, 0.25) is 5.95 Å². The predicted molar refractivity (Wildman–Crippen MR) is 125 cm³/mol. The van der Waals surface area contributed by atoms with Crippen LogP contribution in [0.5, 0.6) is 0 Å². The van der Waals surface area contributed by atoms with Crippen LogP contribution in [-0.2, 0) is 4.74 Å². The fourth-order valence-electron chi connectivity index (χ4n) is 3.98. The third-order valence-corrected chi connectivity index (χ3v) is 5.56. The van der Waals surface area contributed by atoms with Gasteiger partial charge in [-0.05, 0) is 56.3 Å². The van der Waals surface area contributed by atoms with Gasteiger partial charge in [-0.2, -0.15) is 0 Å².